The molecule has 21 heavy (non-hydrogen) atoms. The number of hydrogen-bond donors (Lipinski definition) is 1. The van der Waals surface area contributed by atoms with Gasteiger partial charge in [-0.05, 0) is 63.9 Å². The van der Waals surface area contributed by atoms with Crippen LogP contribution in [-0.2, 0) is 6.54 Å². The van der Waals surface area contributed by atoms with E-state index in [9.17, 15) is 0 Å². The van der Waals surface area contributed by atoms with Crippen molar-refractivity contribution in [3.8, 4) is 0 Å². The molecule has 2 aliphatic rings. The van der Waals surface area contributed by atoms with Gasteiger partial charge in [-0.25, -0.2) is 0 Å². The predicted octanol–water partition coefficient (Wildman–Crippen LogP) is 2.78. The highest BCUT2D eigenvalue weighted by Crippen LogP contribution is 2.25. The SMILES string of the molecule is Cc1cc(N2CC(C)N(C)C(C)C2)ccc1CNC1CC1. The largest absolute Gasteiger partial charge is 0.368 e. The van der Waals surface area contributed by atoms with E-state index >= 15 is 0 Å². The Morgan fingerprint density at radius 2 is 1.81 bits per heavy atom. The van der Waals surface area contributed by atoms with Gasteiger partial charge in [0.1, 0.15) is 0 Å². The van der Waals surface area contributed by atoms with Gasteiger partial charge in [0.05, 0.1) is 0 Å². The summed E-state index contributed by atoms with van der Waals surface area (Å²) in [6, 6.07) is 9.00. The summed E-state index contributed by atoms with van der Waals surface area (Å²) in [5, 5.41) is 3.61. The summed E-state index contributed by atoms with van der Waals surface area (Å²) in [7, 11) is 2.24. The molecule has 0 aromatic heterocycles. The molecule has 1 heterocycles. The van der Waals surface area contributed by atoms with Gasteiger partial charge in [0.15, 0.2) is 0 Å². The first-order valence-corrected chi connectivity index (χ1v) is 8.34. The third-order valence-corrected chi connectivity index (χ3v) is 5.21. The number of anilines is 1. The molecule has 3 nitrogen and oxygen atoms in total. The molecule has 0 radical (unpaired) electrons. The lowest BCUT2D eigenvalue weighted by molar-refractivity contribution is 0.170. The number of likely N-dealkylation sites (N-methyl/N-ethyl adjacent to an activating group) is 1. The molecule has 0 amide bonds. The van der Waals surface area contributed by atoms with E-state index in [0.29, 0.717) is 12.1 Å². The molecule has 1 aromatic carbocycles. The molecular formula is C18H29N3. The third kappa shape index (κ3) is 3.41. The van der Waals surface area contributed by atoms with Gasteiger partial charge in [-0.1, -0.05) is 6.07 Å². The molecule has 1 aliphatic carbocycles. The van der Waals surface area contributed by atoms with E-state index in [-0.39, 0.29) is 0 Å². The van der Waals surface area contributed by atoms with Crippen LogP contribution in [0.15, 0.2) is 18.2 Å². The van der Waals surface area contributed by atoms with Crippen molar-refractivity contribution in [1.82, 2.24) is 10.2 Å². The Balaban J connectivity index is 1.69. The number of nitrogens with zero attached hydrogens (tertiary/aromatic N) is 2. The molecule has 1 aliphatic heterocycles. The second-order valence-electron chi connectivity index (χ2n) is 7.03. The van der Waals surface area contributed by atoms with Crippen molar-refractivity contribution in [2.75, 3.05) is 25.0 Å². The highest BCUT2D eigenvalue weighted by molar-refractivity contribution is 5.51. The lowest BCUT2D eigenvalue weighted by Crippen LogP contribution is -2.55. The standard InChI is InChI=1S/C18H29N3/c1-13-9-18(8-5-16(13)10-19-17-6-7-17)21-11-14(2)20(4)15(3)12-21/h5,8-9,14-15,17,19H,6-7,10-12H2,1-4H3. The summed E-state index contributed by atoms with van der Waals surface area (Å²) in [6.07, 6.45) is 2.71. The Labute approximate surface area is 129 Å². The fraction of sp³-hybridized carbons (Fsp3) is 0.667. The van der Waals surface area contributed by atoms with Crippen LogP contribution in [0.1, 0.15) is 37.8 Å². The molecule has 0 bridgehead atoms. The van der Waals surface area contributed by atoms with Crippen LogP contribution in [0, 0.1) is 6.92 Å². The summed E-state index contributed by atoms with van der Waals surface area (Å²) in [5.41, 5.74) is 4.25. The number of nitrogens with one attached hydrogen (secondary N) is 1. The van der Waals surface area contributed by atoms with Crippen LogP contribution >= 0.6 is 0 Å². The summed E-state index contributed by atoms with van der Waals surface area (Å²) < 4.78 is 0. The number of aryl methyl sites for hydroxylation is 1. The van der Waals surface area contributed by atoms with Crippen LogP contribution in [0.5, 0.6) is 0 Å². The zero-order valence-electron chi connectivity index (χ0n) is 13.9. The second-order valence-corrected chi connectivity index (χ2v) is 7.03. The minimum Gasteiger partial charge on any atom is -0.368 e. The zero-order chi connectivity index (χ0) is 15.0. The fourth-order valence-corrected chi connectivity index (χ4v) is 3.23. The number of rotatable bonds is 4. The van der Waals surface area contributed by atoms with E-state index in [1.54, 1.807) is 0 Å². The van der Waals surface area contributed by atoms with Crippen LogP contribution < -0.4 is 10.2 Å². The summed E-state index contributed by atoms with van der Waals surface area (Å²) in [4.78, 5) is 5.03. The van der Waals surface area contributed by atoms with E-state index in [0.717, 1.165) is 25.7 Å². The molecule has 2 fully saturated rings. The van der Waals surface area contributed by atoms with Crippen molar-refractivity contribution in [3.63, 3.8) is 0 Å². The first-order valence-electron chi connectivity index (χ1n) is 8.34. The maximum Gasteiger partial charge on any atom is 0.0370 e. The molecule has 0 spiro atoms. The fourth-order valence-electron chi connectivity index (χ4n) is 3.23. The van der Waals surface area contributed by atoms with Crippen LogP contribution in [0.4, 0.5) is 5.69 Å². The molecule has 3 rings (SSSR count). The summed E-state index contributed by atoms with van der Waals surface area (Å²) in [5.74, 6) is 0. The molecule has 116 valence electrons. The van der Waals surface area contributed by atoms with E-state index in [1.165, 1.54) is 29.7 Å². The summed E-state index contributed by atoms with van der Waals surface area (Å²) >= 11 is 0. The highest BCUT2D eigenvalue weighted by atomic mass is 15.3. The monoisotopic (exact) mass is 287 g/mol. The number of hydrogen-bond acceptors (Lipinski definition) is 3. The molecular weight excluding hydrogens is 258 g/mol. The van der Waals surface area contributed by atoms with Crippen molar-refractivity contribution >= 4 is 5.69 Å². The summed E-state index contributed by atoms with van der Waals surface area (Å²) in [6.45, 7) is 10.2. The molecule has 1 aromatic rings. The van der Waals surface area contributed by atoms with Gasteiger partial charge in [-0.2, -0.15) is 0 Å². The Kier molecular flexibility index (Phi) is 4.23. The van der Waals surface area contributed by atoms with Crippen molar-refractivity contribution in [2.24, 2.45) is 0 Å². The Hall–Kier alpha value is -1.06. The molecule has 1 saturated heterocycles. The van der Waals surface area contributed by atoms with Crippen molar-refractivity contribution in [2.45, 2.75) is 58.3 Å². The lowest BCUT2D eigenvalue weighted by Gasteiger charge is -2.43. The van der Waals surface area contributed by atoms with Gasteiger partial charge in [0, 0.05) is 43.4 Å². The third-order valence-electron chi connectivity index (χ3n) is 5.21. The lowest BCUT2D eigenvalue weighted by atomic mass is 10.0. The minimum atomic E-state index is 0.616. The first-order chi connectivity index (χ1) is 10.0. The number of piperazine rings is 1. The van der Waals surface area contributed by atoms with Gasteiger partial charge in [-0.15, -0.1) is 0 Å². The second kappa shape index (κ2) is 5.98. The first kappa shape index (κ1) is 14.9. The van der Waals surface area contributed by atoms with E-state index in [2.05, 4.69) is 61.1 Å². The normalized spacial score (nSPS) is 27.1. The van der Waals surface area contributed by atoms with Crippen LogP contribution in [0.25, 0.3) is 0 Å². The average Bonchev–Trinajstić information content (AvgIpc) is 3.27. The zero-order valence-corrected chi connectivity index (χ0v) is 13.9. The van der Waals surface area contributed by atoms with Crippen LogP contribution in [0.2, 0.25) is 0 Å². The van der Waals surface area contributed by atoms with E-state index in [1.807, 2.05) is 0 Å². The maximum absolute atomic E-state index is 3.61. The Morgan fingerprint density at radius 1 is 1.14 bits per heavy atom. The Morgan fingerprint density at radius 3 is 2.38 bits per heavy atom. The van der Waals surface area contributed by atoms with Gasteiger partial charge in [-0.3, -0.25) is 4.90 Å². The average molecular weight is 287 g/mol. The quantitative estimate of drug-likeness (QED) is 0.918. The molecule has 2 atom stereocenters. The molecule has 2 unspecified atom stereocenters. The van der Waals surface area contributed by atoms with E-state index < -0.39 is 0 Å². The minimum absolute atomic E-state index is 0.616. The van der Waals surface area contributed by atoms with E-state index in [4.69, 9.17) is 0 Å². The topological polar surface area (TPSA) is 18.5 Å². The molecule has 1 saturated carbocycles. The van der Waals surface area contributed by atoms with Crippen molar-refractivity contribution in [1.29, 1.82) is 0 Å². The van der Waals surface area contributed by atoms with Gasteiger partial charge < -0.3 is 10.2 Å². The molecule has 3 heteroatoms. The van der Waals surface area contributed by atoms with Crippen molar-refractivity contribution in [3.05, 3.63) is 29.3 Å². The number of benzene rings is 1. The van der Waals surface area contributed by atoms with Gasteiger partial charge in [0.2, 0.25) is 0 Å². The smallest absolute Gasteiger partial charge is 0.0370 e. The van der Waals surface area contributed by atoms with Crippen LogP contribution in [0.3, 0.4) is 0 Å². The van der Waals surface area contributed by atoms with Gasteiger partial charge in [0.25, 0.3) is 0 Å². The van der Waals surface area contributed by atoms with Gasteiger partial charge >= 0.3 is 0 Å². The Bertz CT molecular complexity index is 483. The predicted molar refractivity (Wildman–Crippen MR) is 89.9 cm³/mol. The maximum atomic E-state index is 3.61. The highest BCUT2D eigenvalue weighted by Gasteiger charge is 2.26. The van der Waals surface area contributed by atoms with Crippen LogP contribution in [-0.4, -0.2) is 43.2 Å². The molecule has 1 N–H and O–H groups in total. The van der Waals surface area contributed by atoms with Crippen molar-refractivity contribution < 1.29 is 0 Å².